The Hall–Kier alpha value is -2.48. The van der Waals surface area contributed by atoms with Crippen LogP contribution in [0.25, 0.3) is 0 Å². The smallest absolute Gasteiger partial charge is 0.183 e. The Balaban J connectivity index is 1.03. The van der Waals surface area contributed by atoms with E-state index in [0.29, 0.717) is 6.61 Å². The summed E-state index contributed by atoms with van der Waals surface area (Å²) in [6, 6.07) is 30.9. The third kappa shape index (κ3) is 10.9. The zero-order valence-electron chi connectivity index (χ0n) is 23.6. The van der Waals surface area contributed by atoms with Gasteiger partial charge in [-0.1, -0.05) is 143 Å². The molecule has 0 amide bonds. The van der Waals surface area contributed by atoms with Crippen LogP contribution in [0.1, 0.15) is 82.6 Å². The molecule has 0 unspecified atom stereocenters. The average molecular weight is 544 g/mol. The van der Waals surface area contributed by atoms with E-state index in [1.807, 2.05) is 0 Å². The number of hydrogen-bond donors (Lipinski definition) is 0. The van der Waals surface area contributed by atoms with Crippen LogP contribution in [0.3, 0.4) is 0 Å². The second-order valence-corrected chi connectivity index (χ2v) is 12.7. The summed E-state index contributed by atoms with van der Waals surface area (Å²) >= 11 is 0. The first-order valence-electron chi connectivity index (χ1n) is 15.1. The molecule has 0 aliphatic carbocycles. The third-order valence-corrected chi connectivity index (χ3v) is 9.76. The highest BCUT2D eigenvalue weighted by molar-refractivity contribution is 7.79. The molecular formula is C35H46NO2P. The largest absolute Gasteiger partial charge is 0.479 e. The molecule has 0 N–H and O–H groups in total. The van der Waals surface area contributed by atoms with Gasteiger partial charge in [-0.25, -0.2) is 0 Å². The maximum Gasteiger partial charge on any atom is 0.183 e. The minimum atomic E-state index is -0.542. The normalized spacial score (nSPS) is 13.0. The number of ether oxygens (including phenoxy) is 2. The number of aliphatic imine (C=N–C) groups is 1. The van der Waals surface area contributed by atoms with Crippen molar-refractivity contribution in [2.24, 2.45) is 4.99 Å². The summed E-state index contributed by atoms with van der Waals surface area (Å²) in [5.41, 5.74) is 1.26. The summed E-state index contributed by atoms with van der Waals surface area (Å²) in [6.07, 6.45) is 15.6. The predicted molar refractivity (Wildman–Crippen MR) is 168 cm³/mol. The highest BCUT2D eigenvalue weighted by Gasteiger charge is 2.15. The summed E-state index contributed by atoms with van der Waals surface area (Å²) < 4.78 is 11.5. The number of hydrogen-bond acceptors (Lipinski definition) is 3. The van der Waals surface area contributed by atoms with Gasteiger partial charge in [-0.15, -0.1) is 0 Å². The molecule has 208 valence electrons. The number of unbranched alkanes of at least 4 members (excludes halogenated alkanes) is 10. The molecule has 0 saturated carbocycles. The lowest BCUT2D eigenvalue weighted by atomic mass is 10.1. The number of rotatable bonds is 19. The Labute approximate surface area is 237 Å². The molecule has 0 atom stereocenters. The molecule has 3 aromatic carbocycles. The van der Waals surface area contributed by atoms with Gasteiger partial charge in [0.05, 0.1) is 13.2 Å². The molecule has 4 rings (SSSR count). The average Bonchev–Trinajstić information content (AvgIpc) is 3.51. The lowest BCUT2D eigenvalue weighted by molar-refractivity contribution is 0.116. The van der Waals surface area contributed by atoms with Gasteiger partial charge >= 0.3 is 0 Å². The Morgan fingerprint density at radius 3 is 1.64 bits per heavy atom. The van der Waals surface area contributed by atoms with Crippen molar-refractivity contribution in [2.45, 2.75) is 83.7 Å². The predicted octanol–water partition coefficient (Wildman–Crippen LogP) is 8.07. The van der Waals surface area contributed by atoms with Crippen molar-refractivity contribution < 1.29 is 9.47 Å². The van der Waals surface area contributed by atoms with Gasteiger partial charge in [0, 0.05) is 13.0 Å². The van der Waals surface area contributed by atoms with Crippen molar-refractivity contribution in [1.82, 2.24) is 0 Å². The van der Waals surface area contributed by atoms with Crippen molar-refractivity contribution in [2.75, 3.05) is 19.8 Å². The Kier molecular flexibility index (Phi) is 13.6. The standard InChI is InChI=1S/C35H46NO2P/c1(2-4-6-8-16-22-35-36-27-29-38-35)3-5-7-9-17-28-37-30-31-23-25-34(26-24-31)39(32-18-12-10-13-19-32)33-20-14-11-15-21-33/h10-15,18-21,23-26H,1-9,16-17,22,27-30H2. The van der Waals surface area contributed by atoms with Crippen LogP contribution in [-0.2, 0) is 16.1 Å². The fraction of sp³-hybridized carbons (Fsp3) is 0.457. The summed E-state index contributed by atoms with van der Waals surface area (Å²) in [6.45, 7) is 3.22. The Bertz CT molecular complexity index is 1030. The second kappa shape index (κ2) is 18.0. The van der Waals surface area contributed by atoms with Gasteiger partial charge in [-0.05, 0) is 42.2 Å². The van der Waals surface area contributed by atoms with E-state index < -0.39 is 7.92 Å². The van der Waals surface area contributed by atoms with Crippen LogP contribution >= 0.6 is 7.92 Å². The molecule has 0 saturated heterocycles. The quantitative estimate of drug-likeness (QED) is 0.113. The van der Waals surface area contributed by atoms with Crippen LogP contribution in [-0.4, -0.2) is 25.7 Å². The SMILES string of the molecule is c1ccc(P(c2ccccc2)c2ccc(COCCCCCCCCCCCCCC3=NCCO3)cc2)cc1. The van der Waals surface area contributed by atoms with E-state index in [2.05, 4.69) is 89.9 Å². The molecule has 0 fully saturated rings. The number of benzene rings is 3. The van der Waals surface area contributed by atoms with E-state index in [9.17, 15) is 0 Å². The van der Waals surface area contributed by atoms with E-state index in [1.165, 1.54) is 92.1 Å². The molecule has 0 bridgehead atoms. The van der Waals surface area contributed by atoms with Crippen molar-refractivity contribution in [3.63, 3.8) is 0 Å². The van der Waals surface area contributed by atoms with Crippen LogP contribution in [0, 0.1) is 0 Å². The summed E-state index contributed by atoms with van der Waals surface area (Å²) in [4.78, 5) is 4.36. The molecule has 3 nitrogen and oxygen atoms in total. The molecule has 1 heterocycles. The minimum Gasteiger partial charge on any atom is -0.479 e. The summed E-state index contributed by atoms with van der Waals surface area (Å²) in [5.74, 6) is 0.992. The maximum atomic E-state index is 6.00. The summed E-state index contributed by atoms with van der Waals surface area (Å²) in [7, 11) is -0.542. The molecule has 39 heavy (non-hydrogen) atoms. The van der Waals surface area contributed by atoms with Gasteiger partial charge in [0.1, 0.15) is 6.61 Å². The van der Waals surface area contributed by atoms with Crippen LogP contribution in [0.5, 0.6) is 0 Å². The first-order valence-corrected chi connectivity index (χ1v) is 16.5. The van der Waals surface area contributed by atoms with Crippen LogP contribution in [0.2, 0.25) is 0 Å². The highest BCUT2D eigenvalue weighted by Crippen LogP contribution is 2.32. The highest BCUT2D eigenvalue weighted by atomic mass is 31.1. The zero-order chi connectivity index (χ0) is 26.8. The Morgan fingerprint density at radius 2 is 1.10 bits per heavy atom. The third-order valence-electron chi connectivity index (χ3n) is 7.32. The topological polar surface area (TPSA) is 30.8 Å². The maximum absolute atomic E-state index is 6.00. The fourth-order valence-corrected chi connectivity index (χ4v) is 7.42. The van der Waals surface area contributed by atoms with Gasteiger partial charge in [0.25, 0.3) is 0 Å². The molecule has 0 spiro atoms. The summed E-state index contributed by atoms with van der Waals surface area (Å²) in [5, 5.41) is 4.16. The molecule has 3 aromatic rings. The molecule has 4 heteroatoms. The molecule has 0 aromatic heterocycles. The number of nitrogens with zero attached hydrogens (tertiary/aromatic N) is 1. The van der Waals surface area contributed by atoms with Crippen LogP contribution < -0.4 is 15.9 Å². The first-order chi connectivity index (χ1) is 19.4. The van der Waals surface area contributed by atoms with Gasteiger partial charge in [0.15, 0.2) is 5.90 Å². The van der Waals surface area contributed by atoms with E-state index in [-0.39, 0.29) is 0 Å². The van der Waals surface area contributed by atoms with E-state index in [1.54, 1.807) is 0 Å². The van der Waals surface area contributed by atoms with E-state index in [0.717, 1.165) is 32.1 Å². The van der Waals surface area contributed by atoms with Gasteiger partial charge < -0.3 is 9.47 Å². The Morgan fingerprint density at radius 1 is 0.590 bits per heavy atom. The van der Waals surface area contributed by atoms with E-state index >= 15 is 0 Å². The molecule has 0 radical (unpaired) electrons. The van der Waals surface area contributed by atoms with Gasteiger partial charge in [-0.2, -0.15) is 0 Å². The fourth-order valence-electron chi connectivity index (χ4n) is 5.13. The van der Waals surface area contributed by atoms with Crippen molar-refractivity contribution in [3.8, 4) is 0 Å². The van der Waals surface area contributed by atoms with Gasteiger partial charge in [-0.3, -0.25) is 4.99 Å². The second-order valence-electron chi connectivity index (χ2n) is 10.5. The lowest BCUT2D eigenvalue weighted by Gasteiger charge is -2.19. The molecular weight excluding hydrogens is 497 g/mol. The molecule has 1 aliphatic rings. The molecule has 1 aliphatic heterocycles. The van der Waals surface area contributed by atoms with E-state index in [4.69, 9.17) is 9.47 Å². The zero-order valence-corrected chi connectivity index (χ0v) is 24.5. The first kappa shape index (κ1) is 29.5. The minimum absolute atomic E-state index is 0.542. The van der Waals surface area contributed by atoms with Gasteiger partial charge in [0.2, 0.25) is 0 Å². The van der Waals surface area contributed by atoms with Crippen molar-refractivity contribution in [3.05, 3.63) is 90.5 Å². The lowest BCUT2D eigenvalue weighted by Crippen LogP contribution is -2.20. The van der Waals surface area contributed by atoms with Crippen molar-refractivity contribution >= 4 is 29.7 Å². The van der Waals surface area contributed by atoms with Crippen molar-refractivity contribution in [1.29, 1.82) is 0 Å². The monoisotopic (exact) mass is 543 g/mol. The van der Waals surface area contributed by atoms with Crippen LogP contribution in [0.4, 0.5) is 0 Å². The van der Waals surface area contributed by atoms with Crippen LogP contribution in [0.15, 0.2) is 89.9 Å².